The van der Waals surface area contributed by atoms with Gasteiger partial charge >= 0.3 is 0 Å². The molecular weight excluding hydrogens is 232 g/mol. The van der Waals surface area contributed by atoms with Crippen LogP contribution in [-0.2, 0) is 4.79 Å². The quantitative estimate of drug-likeness (QED) is 0.323. The van der Waals surface area contributed by atoms with E-state index in [1.165, 1.54) is 12.8 Å². The average molecular weight is 254 g/mol. The van der Waals surface area contributed by atoms with E-state index in [9.17, 15) is 4.79 Å². The molecule has 0 aromatic heterocycles. The van der Waals surface area contributed by atoms with Gasteiger partial charge < -0.3 is 15.8 Å². The van der Waals surface area contributed by atoms with Crippen molar-refractivity contribution in [2.45, 2.75) is 32.2 Å². The van der Waals surface area contributed by atoms with Gasteiger partial charge in [0.05, 0.1) is 5.92 Å². The van der Waals surface area contributed by atoms with Gasteiger partial charge in [0.2, 0.25) is 5.91 Å². The van der Waals surface area contributed by atoms with Gasteiger partial charge in [-0.05, 0) is 25.8 Å². The lowest BCUT2D eigenvalue weighted by Gasteiger charge is -2.38. The molecule has 0 aromatic carbocycles. The van der Waals surface area contributed by atoms with Crippen LogP contribution in [0.2, 0.25) is 0 Å². The van der Waals surface area contributed by atoms with E-state index in [1.807, 2.05) is 11.8 Å². The number of amides is 1. The van der Waals surface area contributed by atoms with Crippen LogP contribution in [0.25, 0.3) is 0 Å². The fourth-order valence-electron chi connectivity index (χ4n) is 2.99. The average Bonchev–Trinajstić information content (AvgIpc) is 2.86. The Morgan fingerprint density at radius 1 is 1.50 bits per heavy atom. The van der Waals surface area contributed by atoms with Crippen molar-refractivity contribution in [2.75, 3.05) is 26.2 Å². The lowest BCUT2D eigenvalue weighted by Crippen LogP contribution is -2.54. The Morgan fingerprint density at radius 2 is 2.28 bits per heavy atom. The Kier molecular flexibility index (Phi) is 4.06. The van der Waals surface area contributed by atoms with Crippen molar-refractivity contribution in [3.05, 3.63) is 0 Å². The first kappa shape index (κ1) is 13.1. The lowest BCUT2D eigenvalue weighted by atomic mass is 10.0. The molecule has 2 unspecified atom stereocenters. The maximum absolute atomic E-state index is 12.4. The second kappa shape index (κ2) is 5.56. The summed E-state index contributed by atoms with van der Waals surface area (Å²) in [5.74, 6) is -0.460. The minimum atomic E-state index is -0.483. The van der Waals surface area contributed by atoms with E-state index in [2.05, 4.69) is 10.1 Å². The van der Waals surface area contributed by atoms with Crippen molar-refractivity contribution in [1.29, 1.82) is 0 Å². The van der Waals surface area contributed by atoms with Crippen LogP contribution in [0.1, 0.15) is 26.2 Å². The van der Waals surface area contributed by atoms with Crippen molar-refractivity contribution in [3.8, 4) is 0 Å². The van der Waals surface area contributed by atoms with E-state index in [-0.39, 0.29) is 11.7 Å². The molecular formula is C12H22N4O2. The maximum Gasteiger partial charge on any atom is 0.233 e. The molecule has 2 atom stereocenters. The molecule has 0 radical (unpaired) electrons. The van der Waals surface area contributed by atoms with Gasteiger partial charge in [0.25, 0.3) is 0 Å². The van der Waals surface area contributed by atoms with E-state index in [4.69, 9.17) is 10.9 Å². The summed E-state index contributed by atoms with van der Waals surface area (Å²) in [5, 5.41) is 11.7. The van der Waals surface area contributed by atoms with E-state index in [0.29, 0.717) is 12.5 Å². The van der Waals surface area contributed by atoms with Gasteiger partial charge in [0.1, 0.15) is 0 Å². The zero-order chi connectivity index (χ0) is 13.1. The van der Waals surface area contributed by atoms with E-state index < -0.39 is 5.92 Å². The highest BCUT2D eigenvalue weighted by Crippen LogP contribution is 2.22. The van der Waals surface area contributed by atoms with Crippen LogP contribution < -0.4 is 5.73 Å². The summed E-state index contributed by atoms with van der Waals surface area (Å²) >= 11 is 0. The minimum Gasteiger partial charge on any atom is -0.409 e. The zero-order valence-electron chi connectivity index (χ0n) is 10.9. The molecule has 18 heavy (non-hydrogen) atoms. The Bertz CT molecular complexity index is 345. The number of carbonyl (C=O) groups excluding carboxylic acids is 1. The summed E-state index contributed by atoms with van der Waals surface area (Å²) in [6.07, 6.45) is 2.97. The first-order chi connectivity index (χ1) is 8.67. The van der Waals surface area contributed by atoms with Gasteiger partial charge in [-0.3, -0.25) is 9.69 Å². The summed E-state index contributed by atoms with van der Waals surface area (Å²) < 4.78 is 0. The highest BCUT2D eigenvalue weighted by Gasteiger charge is 2.35. The molecule has 1 amide bonds. The van der Waals surface area contributed by atoms with Crippen molar-refractivity contribution in [1.82, 2.24) is 9.80 Å². The third-order valence-corrected chi connectivity index (χ3v) is 4.08. The molecule has 6 heteroatoms. The zero-order valence-corrected chi connectivity index (χ0v) is 10.9. The van der Waals surface area contributed by atoms with Crippen LogP contribution in [0.4, 0.5) is 0 Å². The van der Waals surface area contributed by atoms with Crippen LogP contribution in [0, 0.1) is 5.92 Å². The monoisotopic (exact) mass is 254 g/mol. The number of oxime groups is 1. The molecule has 0 saturated carbocycles. The van der Waals surface area contributed by atoms with Crippen molar-refractivity contribution in [2.24, 2.45) is 16.8 Å². The molecule has 2 saturated heterocycles. The van der Waals surface area contributed by atoms with Gasteiger partial charge in [-0.15, -0.1) is 0 Å². The number of hydrogen-bond acceptors (Lipinski definition) is 4. The second-order valence-corrected chi connectivity index (χ2v) is 5.10. The summed E-state index contributed by atoms with van der Waals surface area (Å²) in [6.45, 7) is 5.53. The minimum absolute atomic E-state index is 0.000602. The van der Waals surface area contributed by atoms with Gasteiger partial charge in [0.15, 0.2) is 5.84 Å². The third-order valence-electron chi connectivity index (χ3n) is 4.08. The second-order valence-electron chi connectivity index (χ2n) is 5.10. The number of nitrogens with two attached hydrogens (primary N) is 1. The third kappa shape index (κ3) is 2.43. The number of amidine groups is 1. The van der Waals surface area contributed by atoms with Crippen LogP contribution in [-0.4, -0.2) is 59.0 Å². The van der Waals surface area contributed by atoms with Crippen LogP contribution in [0.3, 0.4) is 0 Å². The summed E-state index contributed by atoms with van der Waals surface area (Å²) in [6, 6.07) is 0.507. The van der Waals surface area contributed by atoms with Crippen LogP contribution >= 0.6 is 0 Å². The molecule has 2 aliphatic rings. The maximum atomic E-state index is 12.4. The predicted molar refractivity (Wildman–Crippen MR) is 68.4 cm³/mol. The van der Waals surface area contributed by atoms with Crippen molar-refractivity contribution in [3.63, 3.8) is 0 Å². The number of carbonyl (C=O) groups is 1. The number of nitrogens with zero attached hydrogens (tertiary/aromatic N) is 3. The fraction of sp³-hybridized carbons (Fsp3) is 0.833. The summed E-state index contributed by atoms with van der Waals surface area (Å²) in [5.41, 5.74) is 5.58. The number of fused-ring (bicyclic) bond motifs is 1. The molecule has 6 nitrogen and oxygen atoms in total. The van der Waals surface area contributed by atoms with Crippen LogP contribution in [0.15, 0.2) is 5.16 Å². The standard InChI is InChI=1S/C12H22N4O2/c1-2-10(11(13)14-18)12(17)16-7-6-15-5-3-4-9(15)8-16/h9-10,18H,2-8H2,1H3,(H2,13,14). The number of piperazine rings is 1. The van der Waals surface area contributed by atoms with Crippen molar-refractivity contribution < 1.29 is 10.0 Å². The number of rotatable bonds is 3. The SMILES string of the molecule is CCC(C(=O)N1CCN2CCCC2C1)C(N)=NO. The first-order valence-electron chi connectivity index (χ1n) is 6.67. The Labute approximate surface area is 107 Å². The first-order valence-corrected chi connectivity index (χ1v) is 6.67. The molecule has 2 heterocycles. The Morgan fingerprint density at radius 3 is 2.94 bits per heavy atom. The molecule has 2 aliphatic heterocycles. The smallest absolute Gasteiger partial charge is 0.233 e. The Balaban J connectivity index is 2.00. The molecule has 2 fully saturated rings. The van der Waals surface area contributed by atoms with Gasteiger partial charge in [-0.1, -0.05) is 12.1 Å². The van der Waals surface area contributed by atoms with Crippen molar-refractivity contribution >= 4 is 11.7 Å². The summed E-state index contributed by atoms with van der Waals surface area (Å²) in [4.78, 5) is 16.7. The summed E-state index contributed by atoms with van der Waals surface area (Å²) in [7, 11) is 0. The van der Waals surface area contributed by atoms with Gasteiger partial charge in [-0.2, -0.15) is 0 Å². The predicted octanol–water partition coefficient (Wildman–Crippen LogP) is 0.0656. The molecule has 3 N–H and O–H groups in total. The highest BCUT2D eigenvalue weighted by molar-refractivity contribution is 6.02. The molecule has 0 spiro atoms. The molecule has 102 valence electrons. The van der Waals surface area contributed by atoms with Gasteiger partial charge in [-0.25, -0.2) is 0 Å². The van der Waals surface area contributed by atoms with Gasteiger partial charge in [0, 0.05) is 25.7 Å². The molecule has 0 aliphatic carbocycles. The van der Waals surface area contributed by atoms with Crippen LogP contribution in [0.5, 0.6) is 0 Å². The lowest BCUT2D eigenvalue weighted by molar-refractivity contribution is -0.136. The molecule has 0 bridgehead atoms. The van der Waals surface area contributed by atoms with E-state index in [1.54, 1.807) is 0 Å². The highest BCUT2D eigenvalue weighted by atomic mass is 16.4. The largest absolute Gasteiger partial charge is 0.409 e. The Hall–Kier alpha value is -1.30. The number of hydrogen-bond donors (Lipinski definition) is 2. The van der Waals surface area contributed by atoms with E-state index >= 15 is 0 Å². The van der Waals surface area contributed by atoms with E-state index in [0.717, 1.165) is 26.2 Å². The normalized spacial score (nSPS) is 27.1. The fourth-order valence-corrected chi connectivity index (χ4v) is 2.99. The molecule has 0 aromatic rings. The molecule has 2 rings (SSSR count). The topological polar surface area (TPSA) is 82.2 Å².